The van der Waals surface area contributed by atoms with Crippen molar-refractivity contribution in [2.24, 2.45) is 0 Å². The van der Waals surface area contributed by atoms with Gasteiger partial charge in [0.05, 0.1) is 23.5 Å². The average Bonchev–Trinajstić information content (AvgIpc) is 3.39. The van der Waals surface area contributed by atoms with Crippen molar-refractivity contribution in [1.82, 2.24) is 24.6 Å². The number of carbonyl (C=O) groups excluding carboxylic acids is 2. The summed E-state index contributed by atoms with van der Waals surface area (Å²) in [6, 6.07) is 5.38. The van der Waals surface area contributed by atoms with E-state index in [4.69, 9.17) is 5.73 Å². The van der Waals surface area contributed by atoms with Crippen molar-refractivity contribution in [3.63, 3.8) is 0 Å². The van der Waals surface area contributed by atoms with E-state index in [1.165, 1.54) is 6.20 Å². The molecule has 2 aliphatic heterocycles. The molecule has 0 fully saturated rings. The van der Waals surface area contributed by atoms with E-state index < -0.39 is 5.82 Å². The molecule has 0 saturated carbocycles. The molecule has 2 amide bonds. The first-order chi connectivity index (χ1) is 17.3. The van der Waals surface area contributed by atoms with E-state index in [9.17, 15) is 9.59 Å². The smallest absolute Gasteiger partial charge is 0.244 e. The monoisotopic (exact) mass is 486 g/mol. The number of fused-ring (bicyclic) bond motifs is 3. The number of nitrogens with zero attached hydrogens (tertiary/aromatic N) is 5. The number of anilines is 4. The molecule has 0 saturated heterocycles. The maximum Gasteiger partial charge on any atom is 0.244 e. The number of pyridine rings is 2. The third-order valence-electron chi connectivity index (χ3n) is 6.83. The number of amides is 2. The van der Waals surface area contributed by atoms with Crippen molar-refractivity contribution < 1.29 is 14.0 Å². The van der Waals surface area contributed by atoms with Crippen LogP contribution in [0.1, 0.15) is 17.0 Å². The Kier molecular flexibility index (Phi) is 4.88. The van der Waals surface area contributed by atoms with E-state index in [1.807, 2.05) is 13.0 Å². The fourth-order valence-electron chi connectivity index (χ4n) is 4.77. The lowest BCUT2D eigenvalue weighted by Gasteiger charge is -2.14. The lowest BCUT2D eigenvalue weighted by molar-refractivity contribution is -0.130. The molecule has 11 heteroatoms. The molecule has 4 N–H and O–H groups in total. The van der Waals surface area contributed by atoms with Crippen LogP contribution in [0.3, 0.4) is 0 Å². The number of carbonyl (C=O) groups is 2. The Balaban J connectivity index is 1.37. The molecule has 3 aromatic heterocycles. The molecule has 36 heavy (non-hydrogen) atoms. The number of nitrogens with one attached hydrogen (secondary N) is 2. The highest BCUT2D eigenvalue weighted by molar-refractivity contribution is 6.02. The van der Waals surface area contributed by atoms with Gasteiger partial charge in [0.25, 0.3) is 0 Å². The number of hydrogen-bond acceptors (Lipinski definition) is 7. The van der Waals surface area contributed by atoms with E-state index in [0.29, 0.717) is 57.9 Å². The number of aromatic nitrogens is 4. The summed E-state index contributed by atoms with van der Waals surface area (Å²) in [4.78, 5) is 34.4. The molecule has 0 radical (unpaired) electrons. The minimum absolute atomic E-state index is 0.00756. The molecule has 6 rings (SSSR count). The highest BCUT2D eigenvalue weighted by Crippen LogP contribution is 2.38. The van der Waals surface area contributed by atoms with Gasteiger partial charge >= 0.3 is 0 Å². The Morgan fingerprint density at radius 3 is 2.78 bits per heavy atom. The summed E-state index contributed by atoms with van der Waals surface area (Å²) in [7, 11) is 1.78. The van der Waals surface area contributed by atoms with Crippen LogP contribution in [0.2, 0.25) is 0 Å². The minimum atomic E-state index is -0.563. The van der Waals surface area contributed by atoms with E-state index in [2.05, 4.69) is 25.7 Å². The van der Waals surface area contributed by atoms with Gasteiger partial charge in [0.15, 0.2) is 11.6 Å². The van der Waals surface area contributed by atoms with Crippen LogP contribution in [0.5, 0.6) is 0 Å². The third-order valence-corrected chi connectivity index (χ3v) is 6.83. The van der Waals surface area contributed by atoms with Crippen molar-refractivity contribution in [3.05, 3.63) is 53.4 Å². The first-order valence-corrected chi connectivity index (χ1v) is 11.5. The molecular weight excluding hydrogens is 463 g/mol. The van der Waals surface area contributed by atoms with Crippen molar-refractivity contribution in [2.75, 3.05) is 30.0 Å². The molecule has 4 aromatic rings. The Hall–Kier alpha value is -4.54. The van der Waals surface area contributed by atoms with Gasteiger partial charge in [-0.1, -0.05) is 0 Å². The van der Waals surface area contributed by atoms with Gasteiger partial charge < -0.3 is 21.3 Å². The van der Waals surface area contributed by atoms with Gasteiger partial charge in [-0.25, -0.2) is 9.37 Å². The first-order valence-electron chi connectivity index (χ1n) is 11.5. The number of rotatable bonds is 3. The van der Waals surface area contributed by atoms with Crippen LogP contribution in [0.15, 0.2) is 30.6 Å². The molecule has 0 spiro atoms. The zero-order valence-electron chi connectivity index (χ0n) is 19.7. The summed E-state index contributed by atoms with van der Waals surface area (Å²) < 4.78 is 17.1. The fraction of sp³-hybridized carbons (Fsp3) is 0.240. The van der Waals surface area contributed by atoms with Gasteiger partial charge in [0.1, 0.15) is 12.4 Å². The summed E-state index contributed by atoms with van der Waals surface area (Å²) in [5.74, 6) is 0.386. The van der Waals surface area contributed by atoms with Crippen LogP contribution in [-0.2, 0) is 29.0 Å². The second-order valence-corrected chi connectivity index (χ2v) is 9.15. The number of benzene rings is 1. The fourth-order valence-corrected chi connectivity index (χ4v) is 4.77. The van der Waals surface area contributed by atoms with E-state index in [0.717, 1.165) is 11.3 Å². The zero-order chi connectivity index (χ0) is 25.1. The summed E-state index contributed by atoms with van der Waals surface area (Å²) >= 11 is 0. The zero-order valence-corrected chi connectivity index (χ0v) is 19.7. The molecular formula is C25H23FN8O2. The Morgan fingerprint density at radius 1 is 1.11 bits per heavy atom. The number of nitrogens with two attached hydrogens (primary N) is 1. The molecule has 2 aliphatic rings. The van der Waals surface area contributed by atoms with Crippen LogP contribution in [0.4, 0.5) is 27.4 Å². The molecule has 10 nitrogen and oxygen atoms in total. The lowest BCUT2D eigenvalue weighted by Crippen LogP contribution is -2.29. The number of likely N-dealkylation sites (N-methyl/N-ethyl adjacent to an activating group) is 1. The summed E-state index contributed by atoms with van der Waals surface area (Å²) in [5.41, 5.74) is 9.97. The van der Waals surface area contributed by atoms with Gasteiger partial charge in [-0.2, -0.15) is 5.10 Å². The molecule has 0 atom stereocenters. The quantitative estimate of drug-likeness (QED) is 0.380. The number of hydrogen-bond donors (Lipinski definition) is 3. The molecule has 5 heterocycles. The predicted octanol–water partition coefficient (Wildman–Crippen LogP) is 2.78. The van der Waals surface area contributed by atoms with Crippen LogP contribution < -0.4 is 16.4 Å². The highest BCUT2D eigenvalue weighted by atomic mass is 19.1. The Labute approximate surface area is 205 Å². The Morgan fingerprint density at radius 2 is 1.94 bits per heavy atom. The second-order valence-electron chi connectivity index (χ2n) is 9.15. The van der Waals surface area contributed by atoms with Crippen LogP contribution in [0.25, 0.3) is 21.9 Å². The van der Waals surface area contributed by atoms with Crippen molar-refractivity contribution in [2.45, 2.75) is 26.3 Å². The summed E-state index contributed by atoms with van der Waals surface area (Å²) in [6.45, 7) is 2.64. The van der Waals surface area contributed by atoms with Crippen molar-refractivity contribution in [3.8, 4) is 11.1 Å². The van der Waals surface area contributed by atoms with E-state index >= 15 is 4.39 Å². The standard InChI is InChI=1S/C25H23FN8O2/c1-12-16(9-28-18-8-21(35)31-25(12)18)15-5-13-6-19(29-10-17(13)24(27)23(15)26)30-20-7-14-3-4-33(2)22(36)11-34(14)32-20/h5-7,9-10H,3-4,8,11,27H2,1-2H3,(H,31,35)(H,29,30,32). The van der Waals surface area contributed by atoms with E-state index in [1.54, 1.807) is 35.0 Å². The third kappa shape index (κ3) is 3.51. The summed E-state index contributed by atoms with van der Waals surface area (Å²) in [6.07, 6.45) is 4.01. The largest absolute Gasteiger partial charge is 0.396 e. The molecule has 182 valence electrons. The first kappa shape index (κ1) is 22.0. The predicted molar refractivity (Wildman–Crippen MR) is 133 cm³/mol. The SMILES string of the molecule is Cc1c(-c2cc3cc(Nc4cc5n(n4)CC(=O)N(C)CC5)ncc3c(N)c2F)cnc2c1NC(=O)C2. The Bertz CT molecular complexity index is 1600. The van der Waals surface area contributed by atoms with Crippen LogP contribution in [-0.4, -0.2) is 50.1 Å². The van der Waals surface area contributed by atoms with Gasteiger partial charge in [0, 0.05) is 60.7 Å². The molecule has 0 aliphatic carbocycles. The molecule has 1 aromatic carbocycles. The van der Waals surface area contributed by atoms with Gasteiger partial charge in [-0.3, -0.25) is 19.3 Å². The van der Waals surface area contributed by atoms with Crippen molar-refractivity contribution in [1.29, 1.82) is 0 Å². The van der Waals surface area contributed by atoms with Crippen LogP contribution >= 0.6 is 0 Å². The average molecular weight is 487 g/mol. The van der Waals surface area contributed by atoms with Gasteiger partial charge in [-0.05, 0) is 30.0 Å². The summed E-state index contributed by atoms with van der Waals surface area (Å²) in [5, 5.41) is 11.7. The second kappa shape index (κ2) is 8.01. The van der Waals surface area contributed by atoms with Gasteiger partial charge in [-0.15, -0.1) is 0 Å². The van der Waals surface area contributed by atoms with Crippen LogP contribution in [0, 0.1) is 12.7 Å². The maximum atomic E-state index is 15.4. The number of halogens is 1. The minimum Gasteiger partial charge on any atom is -0.396 e. The number of nitrogen functional groups attached to an aromatic ring is 1. The topological polar surface area (TPSA) is 131 Å². The highest BCUT2D eigenvalue weighted by Gasteiger charge is 2.25. The van der Waals surface area contributed by atoms with Gasteiger partial charge in [0.2, 0.25) is 11.8 Å². The lowest BCUT2D eigenvalue weighted by atomic mass is 9.96. The van der Waals surface area contributed by atoms with Crippen molar-refractivity contribution >= 4 is 45.6 Å². The molecule has 0 bridgehead atoms. The molecule has 0 unspecified atom stereocenters. The normalized spacial score (nSPS) is 15.0. The van der Waals surface area contributed by atoms with E-state index in [-0.39, 0.29) is 30.5 Å². The maximum absolute atomic E-state index is 15.4.